The Hall–Kier alpha value is -2.72. The van der Waals surface area contributed by atoms with Gasteiger partial charge in [-0.25, -0.2) is 0 Å². The van der Waals surface area contributed by atoms with Crippen molar-refractivity contribution in [1.29, 1.82) is 5.26 Å². The molecule has 3 aromatic carbocycles. The van der Waals surface area contributed by atoms with Crippen LogP contribution in [0.2, 0.25) is 0 Å². The van der Waals surface area contributed by atoms with E-state index >= 15 is 0 Å². The van der Waals surface area contributed by atoms with Crippen molar-refractivity contribution in [3.05, 3.63) is 100 Å². The number of nitriles is 1. The number of oxime groups is 1. The fourth-order valence-electron chi connectivity index (χ4n) is 2.67. The molecular formula is C22H15I2N3O4. The lowest BCUT2D eigenvalue weighted by Crippen LogP contribution is -2.02. The molecule has 0 fully saturated rings. The maximum Gasteiger partial charge on any atom is 0.269 e. The van der Waals surface area contributed by atoms with Crippen molar-refractivity contribution in [2.45, 2.75) is 13.2 Å². The summed E-state index contributed by atoms with van der Waals surface area (Å²) in [5, 5.41) is 24.0. The number of nitro benzene ring substituents is 1. The molecule has 0 amide bonds. The van der Waals surface area contributed by atoms with E-state index in [0.717, 1.165) is 24.0 Å². The standard InChI is InChI=1S/C22H15I2N3O4/c23-20-9-16(12-26-31-13-15-4-3-7-19(8-15)27(28)29)10-21(24)22(20)30-14-18-6-2-1-5-17(18)11-25/h1-10,12H,13-14H2/b26-12-. The monoisotopic (exact) mass is 639 g/mol. The van der Waals surface area contributed by atoms with Crippen molar-refractivity contribution >= 4 is 57.1 Å². The summed E-state index contributed by atoms with van der Waals surface area (Å²) in [7, 11) is 0. The predicted octanol–water partition coefficient (Wildman–Crippen LogP) is 5.81. The van der Waals surface area contributed by atoms with Crippen LogP contribution >= 0.6 is 45.2 Å². The summed E-state index contributed by atoms with van der Waals surface area (Å²) < 4.78 is 7.77. The van der Waals surface area contributed by atoms with Gasteiger partial charge in [0.25, 0.3) is 5.69 Å². The van der Waals surface area contributed by atoms with Gasteiger partial charge in [-0.15, -0.1) is 0 Å². The normalized spacial score (nSPS) is 10.6. The number of nitrogens with zero attached hydrogens (tertiary/aromatic N) is 3. The van der Waals surface area contributed by atoms with Crippen LogP contribution < -0.4 is 4.74 Å². The quantitative estimate of drug-likeness (QED) is 0.134. The average Bonchev–Trinajstić information content (AvgIpc) is 2.76. The van der Waals surface area contributed by atoms with Crippen LogP contribution in [0.4, 0.5) is 5.69 Å². The molecule has 0 heterocycles. The number of hydrogen-bond donors (Lipinski definition) is 0. The number of halogens is 2. The Bertz CT molecular complexity index is 1150. The summed E-state index contributed by atoms with van der Waals surface area (Å²) in [4.78, 5) is 15.7. The molecule has 0 N–H and O–H groups in total. The van der Waals surface area contributed by atoms with Crippen LogP contribution in [0.25, 0.3) is 0 Å². The third-order valence-corrected chi connectivity index (χ3v) is 5.76. The molecule has 0 atom stereocenters. The lowest BCUT2D eigenvalue weighted by atomic mass is 10.1. The van der Waals surface area contributed by atoms with E-state index in [1.807, 2.05) is 30.3 Å². The summed E-state index contributed by atoms with van der Waals surface area (Å²) in [5.41, 5.74) is 2.94. The van der Waals surface area contributed by atoms with Crippen molar-refractivity contribution in [3.63, 3.8) is 0 Å². The second-order valence-corrected chi connectivity index (χ2v) is 8.63. The van der Waals surface area contributed by atoms with Gasteiger partial charge in [-0.2, -0.15) is 5.26 Å². The van der Waals surface area contributed by atoms with Gasteiger partial charge in [0.05, 0.1) is 29.9 Å². The first-order chi connectivity index (χ1) is 15.0. The molecule has 0 aromatic heterocycles. The van der Waals surface area contributed by atoms with Crippen LogP contribution in [0.3, 0.4) is 0 Å². The maximum atomic E-state index is 10.8. The van der Waals surface area contributed by atoms with E-state index in [2.05, 4.69) is 56.4 Å². The second-order valence-electron chi connectivity index (χ2n) is 6.31. The van der Waals surface area contributed by atoms with Crippen molar-refractivity contribution < 1.29 is 14.5 Å². The lowest BCUT2D eigenvalue weighted by Gasteiger charge is -2.12. The average molecular weight is 639 g/mol. The molecule has 0 radical (unpaired) electrons. The van der Waals surface area contributed by atoms with E-state index in [1.54, 1.807) is 24.4 Å². The minimum absolute atomic E-state index is 0.0159. The van der Waals surface area contributed by atoms with Crippen LogP contribution in [-0.2, 0) is 18.1 Å². The van der Waals surface area contributed by atoms with Crippen LogP contribution in [0.1, 0.15) is 22.3 Å². The van der Waals surface area contributed by atoms with Crippen molar-refractivity contribution in [3.8, 4) is 11.8 Å². The molecule has 7 nitrogen and oxygen atoms in total. The van der Waals surface area contributed by atoms with Gasteiger partial charge in [0.15, 0.2) is 0 Å². The van der Waals surface area contributed by atoms with Crippen LogP contribution in [0.5, 0.6) is 5.75 Å². The molecule has 3 rings (SSSR count). The van der Waals surface area contributed by atoms with Crippen molar-refractivity contribution in [1.82, 2.24) is 0 Å². The first-order valence-corrected chi connectivity index (χ1v) is 11.1. The molecule has 0 aliphatic carbocycles. The Balaban J connectivity index is 1.63. The molecule has 0 spiro atoms. The van der Waals surface area contributed by atoms with Gasteiger partial charge < -0.3 is 9.57 Å². The van der Waals surface area contributed by atoms with Gasteiger partial charge in [0.2, 0.25) is 0 Å². The summed E-state index contributed by atoms with van der Waals surface area (Å²) in [6.45, 7) is 0.432. The van der Waals surface area contributed by atoms with Gasteiger partial charge in [-0.3, -0.25) is 10.1 Å². The maximum absolute atomic E-state index is 10.8. The molecule has 0 aliphatic rings. The Morgan fingerprint density at radius 1 is 1.06 bits per heavy atom. The van der Waals surface area contributed by atoms with Gasteiger partial charge in [-0.05, 0) is 74.5 Å². The summed E-state index contributed by atoms with van der Waals surface area (Å²) in [6.07, 6.45) is 1.58. The third kappa shape index (κ3) is 6.38. The topological polar surface area (TPSA) is 97.8 Å². The van der Waals surface area contributed by atoms with Gasteiger partial charge in [0, 0.05) is 17.7 Å². The first kappa shape index (κ1) is 23.0. The number of hydrogen-bond acceptors (Lipinski definition) is 6. The molecule has 0 bridgehead atoms. The number of nitro groups is 1. The molecule has 31 heavy (non-hydrogen) atoms. The molecule has 0 saturated heterocycles. The van der Waals surface area contributed by atoms with Gasteiger partial charge in [-0.1, -0.05) is 35.5 Å². The summed E-state index contributed by atoms with van der Waals surface area (Å²) >= 11 is 4.38. The highest BCUT2D eigenvalue weighted by molar-refractivity contribution is 14.1. The molecule has 0 saturated carbocycles. The fraction of sp³-hybridized carbons (Fsp3) is 0.0909. The van der Waals surface area contributed by atoms with Gasteiger partial charge in [0.1, 0.15) is 19.0 Å². The number of rotatable bonds is 8. The minimum atomic E-state index is -0.445. The Morgan fingerprint density at radius 3 is 2.52 bits per heavy atom. The van der Waals surface area contributed by atoms with Crippen LogP contribution in [-0.4, -0.2) is 11.1 Å². The zero-order valence-electron chi connectivity index (χ0n) is 16.0. The molecule has 9 heteroatoms. The highest BCUT2D eigenvalue weighted by atomic mass is 127. The second kappa shape index (κ2) is 11.1. The number of benzene rings is 3. The molecular weight excluding hydrogens is 624 g/mol. The first-order valence-electron chi connectivity index (χ1n) is 8.96. The van der Waals surface area contributed by atoms with E-state index in [4.69, 9.17) is 9.57 Å². The zero-order chi connectivity index (χ0) is 22.2. The van der Waals surface area contributed by atoms with Crippen LogP contribution in [0, 0.1) is 28.6 Å². The highest BCUT2D eigenvalue weighted by Crippen LogP contribution is 2.29. The van der Waals surface area contributed by atoms with E-state index < -0.39 is 4.92 Å². The van der Waals surface area contributed by atoms with E-state index in [0.29, 0.717) is 17.7 Å². The molecule has 156 valence electrons. The highest BCUT2D eigenvalue weighted by Gasteiger charge is 2.10. The van der Waals surface area contributed by atoms with E-state index in [1.165, 1.54) is 12.1 Å². The molecule has 0 aliphatic heterocycles. The lowest BCUT2D eigenvalue weighted by molar-refractivity contribution is -0.384. The SMILES string of the molecule is N#Cc1ccccc1COc1c(I)cc(/C=N\OCc2cccc([N+](=O)[O-])c2)cc1I. The number of ether oxygens (including phenoxy) is 1. The number of non-ortho nitro benzene ring substituents is 1. The third-order valence-electron chi connectivity index (χ3n) is 4.16. The van der Waals surface area contributed by atoms with Crippen molar-refractivity contribution in [2.75, 3.05) is 0 Å². The zero-order valence-corrected chi connectivity index (χ0v) is 20.3. The Kier molecular flexibility index (Phi) is 8.19. The predicted molar refractivity (Wildman–Crippen MR) is 133 cm³/mol. The molecule has 3 aromatic rings. The van der Waals surface area contributed by atoms with Crippen LogP contribution in [0.15, 0.2) is 65.8 Å². The van der Waals surface area contributed by atoms with Gasteiger partial charge >= 0.3 is 0 Å². The molecule has 0 unspecified atom stereocenters. The fourth-order valence-corrected chi connectivity index (χ4v) is 4.79. The van der Waals surface area contributed by atoms with Crippen molar-refractivity contribution in [2.24, 2.45) is 5.16 Å². The van der Waals surface area contributed by atoms with E-state index in [9.17, 15) is 15.4 Å². The summed E-state index contributed by atoms with van der Waals surface area (Å²) in [6, 6.07) is 19.6. The minimum Gasteiger partial charge on any atom is -0.487 e. The van der Waals surface area contributed by atoms with E-state index in [-0.39, 0.29) is 12.3 Å². The Morgan fingerprint density at radius 2 is 1.81 bits per heavy atom. The summed E-state index contributed by atoms with van der Waals surface area (Å²) in [5.74, 6) is 0.739. The smallest absolute Gasteiger partial charge is 0.269 e. The largest absolute Gasteiger partial charge is 0.487 e. The Labute approximate surface area is 206 Å².